The van der Waals surface area contributed by atoms with Gasteiger partial charge in [-0.15, -0.1) is 0 Å². The molecule has 2 aromatic rings. The zero-order valence-electron chi connectivity index (χ0n) is 8.48. The maximum absolute atomic E-state index is 8.33. The van der Waals surface area contributed by atoms with E-state index in [-0.39, 0.29) is 6.61 Å². The third-order valence-electron chi connectivity index (χ3n) is 1.61. The highest BCUT2D eigenvalue weighted by Gasteiger charge is 1.88. The third kappa shape index (κ3) is 4.36. The first-order chi connectivity index (χ1) is 7.86. The normalized spacial score (nSPS) is 8.81. The monoisotopic (exact) mass is 221 g/mol. The molecule has 0 aromatic carbocycles. The Morgan fingerprint density at radius 2 is 1.81 bits per heavy atom. The van der Waals surface area contributed by atoms with Gasteiger partial charge in [0.1, 0.15) is 18.1 Å². The van der Waals surface area contributed by atoms with Crippen LogP contribution in [0.25, 0.3) is 10.4 Å². The Morgan fingerprint density at radius 3 is 2.19 bits per heavy atom. The van der Waals surface area contributed by atoms with Crippen molar-refractivity contribution in [2.45, 2.75) is 13.2 Å². The maximum atomic E-state index is 8.33. The van der Waals surface area contributed by atoms with Gasteiger partial charge < -0.3 is 13.9 Å². The number of aliphatic hydroxyl groups is 1. The number of hydrogen-bond donors (Lipinski definition) is 1. The fourth-order valence-corrected chi connectivity index (χ4v) is 0.906. The maximum Gasteiger partial charge on any atom is 0.129 e. The van der Waals surface area contributed by atoms with Crippen molar-refractivity contribution in [3.63, 3.8) is 0 Å². The first-order valence-electron chi connectivity index (χ1n) is 4.53. The van der Waals surface area contributed by atoms with E-state index in [0.717, 1.165) is 0 Å². The van der Waals surface area contributed by atoms with Gasteiger partial charge in [-0.2, -0.15) is 0 Å². The molecule has 84 valence electrons. The van der Waals surface area contributed by atoms with Gasteiger partial charge in [0, 0.05) is 4.91 Å². The lowest BCUT2D eigenvalue weighted by molar-refractivity contribution is 0.247. The predicted octanol–water partition coefficient (Wildman–Crippen LogP) is 2.86. The Morgan fingerprint density at radius 1 is 1.19 bits per heavy atom. The Labute approximate surface area is 91.7 Å². The van der Waals surface area contributed by atoms with Crippen molar-refractivity contribution in [2.75, 3.05) is 0 Å². The van der Waals surface area contributed by atoms with Crippen molar-refractivity contribution in [2.24, 2.45) is 5.11 Å². The second-order valence-electron chi connectivity index (χ2n) is 2.71. The number of nitrogens with zero attached hydrogens (tertiary/aromatic N) is 3. The summed E-state index contributed by atoms with van der Waals surface area (Å²) in [6, 6.07) is 6.97. The smallest absolute Gasteiger partial charge is 0.129 e. The molecule has 0 radical (unpaired) electrons. The molecule has 0 fully saturated rings. The Hall–Kier alpha value is -2.17. The minimum atomic E-state index is -0.00694. The first kappa shape index (κ1) is 11.9. The van der Waals surface area contributed by atoms with E-state index in [1.54, 1.807) is 30.5 Å². The molecule has 0 saturated heterocycles. The lowest BCUT2D eigenvalue weighted by Crippen LogP contribution is -1.72. The quantitative estimate of drug-likeness (QED) is 0.490. The van der Waals surface area contributed by atoms with Crippen LogP contribution >= 0.6 is 0 Å². The van der Waals surface area contributed by atoms with Crippen LogP contribution in [0.3, 0.4) is 0 Å². The molecule has 0 bridgehead atoms. The third-order valence-corrected chi connectivity index (χ3v) is 1.61. The van der Waals surface area contributed by atoms with Gasteiger partial charge in [0.15, 0.2) is 0 Å². The molecule has 0 saturated carbocycles. The Kier molecular flexibility index (Phi) is 5.33. The lowest BCUT2D eigenvalue weighted by Gasteiger charge is -1.80. The number of rotatable bonds is 3. The highest BCUT2D eigenvalue weighted by atomic mass is 16.4. The van der Waals surface area contributed by atoms with Gasteiger partial charge in [0.2, 0.25) is 0 Å². The van der Waals surface area contributed by atoms with Gasteiger partial charge in [-0.3, -0.25) is 0 Å². The molecular formula is C10H11N3O3. The van der Waals surface area contributed by atoms with Crippen molar-refractivity contribution in [1.82, 2.24) is 0 Å². The summed E-state index contributed by atoms with van der Waals surface area (Å²) in [7, 11) is 0. The van der Waals surface area contributed by atoms with Crippen molar-refractivity contribution < 1.29 is 13.9 Å². The molecule has 0 spiro atoms. The summed E-state index contributed by atoms with van der Waals surface area (Å²) in [5, 5.41) is 11.6. The predicted molar refractivity (Wildman–Crippen MR) is 56.2 cm³/mol. The molecule has 0 aliphatic carbocycles. The first-order valence-corrected chi connectivity index (χ1v) is 4.53. The van der Waals surface area contributed by atoms with E-state index in [1.165, 1.54) is 6.26 Å². The van der Waals surface area contributed by atoms with Crippen molar-refractivity contribution in [3.8, 4) is 0 Å². The highest BCUT2D eigenvalue weighted by Crippen LogP contribution is 2.00. The average molecular weight is 221 g/mol. The van der Waals surface area contributed by atoms with Gasteiger partial charge in [-0.05, 0) is 29.8 Å². The summed E-state index contributed by atoms with van der Waals surface area (Å²) >= 11 is 0. The molecule has 2 heterocycles. The number of furan rings is 2. The van der Waals surface area contributed by atoms with Crippen LogP contribution < -0.4 is 0 Å². The fourth-order valence-electron chi connectivity index (χ4n) is 0.906. The summed E-state index contributed by atoms with van der Waals surface area (Å²) < 4.78 is 9.60. The molecule has 6 heteroatoms. The van der Waals surface area contributed by atoms with Crippen LogP contribution in [0.2, 0.25) is 0 Å². The van der Waals surface area contributed by atoms with E-state index in [1.807, 2.05) is 0 Å². The van der Waals surface area contributed by atoms with E-state index in [4.69, 9.17) is 19.5 Å². The molecule has 0 aliphatic rings. The molecular weight excluding hydrogens is 210 g/mol. The van der Waals surface area contributed by atoms with Crippen LogP contribution in [0.5, 0.6) is 0 Å². The van der Waals surface area contributed by atoms with Gasteiger partial charge in [-0.25, -0.2) is 0 Å². The van der Waals surface area contributed by atoms with Crippen molar-refractivity contribution in [3.05, 3.63) is 58.8 Å². The molecule has 2 rings (SSSR count). The zero-order valence-corrected chi connectivity index (χ0v) is 8.48. The van der Waals surface area contributed by atoms with Crippen LogP contribution in [0.4, 0.5) is 0 Å². The molecule has 16 heavy (non-hydrogen) atoms. The number of aliphatic hydroxyl groups excluding tert-OH is 1. The summed E-state index contributed by atoms with van der Waals surface area (Å²) in [6.07, 6.45) is 3.08. The Bertz CT molecular complexity index is 416. The van der Waals surface area contributed by atoms with E-state index in [0.29, 0.717) is 18.1 Å². The lowest BCUT2D eigenvalue weighted by atomic mass is 10.5. The van der Waals surface area contributed by atoms with Crippen molar-refractivity contribution >= 4 is 0 Å². The van der Waals surface area contributed by atoms with Gasteiger partial charge in [0.05, 0.1) is 19.1 Å². The van der Waals surface area contributed by atoms with Crippen molar-refractivity contribution in [1.29, 1.82) is 0 Å². The largest absolute Gasteiger partial charge is 0.469 e. The van der Waals surface area contributed by atoms with E-state index >= 15 is 0 Å². The van der Waals surface area contributed by atoms with Crippen LogP contribution in [0.15, 0.2) is 50.7 Å². The molecule has 1 N–H and O–H groups in total. The average Bonchev–Trinajstić information content (AvgIpc) is 3.00. The molecule has 0 unspecified atom stereocenters. The van der Waals surface area contributed by atoms with Crippen LogP contribution in [0.1, 0.15) is 11.5 Å². The second kappa shape index (κ2) is 7.17. The van der Waals surface area contributed by atoms with Crippen LogP contribution in [-0.2, 0) is 13.2 Å². The fraction of sp³-hybridized carbons (Fsp3) is 0.200. The van der Waals surface area contributed by atoms with E-state index in [9.17, 15) is 0 Å². The minimum absolute atomic E-state index is 0.00694. The van der Waals surface area contributed by atoms with Crippen LogP contribution in [-0.4, -0.2) is 5.11 Å². The summed E-state index contributed by atoms with van der Waals surface area (Å²) in [6.45, 7) is 0.288. The van der Waals surface area contributed by atoms with Gasteiger partial charge >= 0.3 is 0 Å². The number of azide groups is 1. The Balaban J connectivity index is 0.000000165. The van der Waals surface area contributed by atoms with Gasteiger partial charge in [0.25, 0.3) is 0 Å². The van der Waals surface area contributed by atoms with Crippen LogP contribution in [0, 0.1) is 0 Å². The SMILES string of the molecule is OCc1ccco1.[N-]=[N+]=NCc1ccco1. The topological polar surface area (TPSA) is 95.3 Å². The molecule has 0 amide bonds. The molecule has 6 nitrogen and oxygen atoms in total. The second-order valence-corrected chi connectivity index (χ2v) is 2.71. The summed E-state index contributed by atoms with van der Waals surface area (Å²) in [4.78, 5) is 2.58. The van der Waals surface area contributed by atoms with E-state index < -0.39 is 0 Å². The zero-order chi connectivity index (χ0) is 11.6. The molecule has 0 aliphatic heterocycles. The van der Waals surface area contributed by atoms with E-state index in [2.05, 4.69) is 10.0 Å². The van der Waals surface area contributed by atoms with Gasteiger partial charge in [-0.1, -0.05) is 5.11 Å². The summed E-state index contributed by atoms with van der Waals surface area (Å²) in [5.41, 5.74) is 7.88. The number of hydrogen-bond acceptors (Lipinski definition) is 4. The standard InChI is InChI=1S/C5H5N3O.C5H6O2/c6-8-7-4-5-2-1-3-9-5;6-4-5-2-1-3-7-5/h1-3H,4H2;1-3,6H,4H2. The molecule has 2 aromatic heterocycles. The summed E-state index contributed by atoms with van der Waals surface area (Å²) in [5.74, 6) is 1.30. The molecule has 0 atom stereocenters. The minimum Gasteiger partial charge on any atom is -0.469 e. The highest BCUT2D eigenvalue weighted by molar-refractivity contribution is 4.97.